The van der Waals surface area contributed by atoms with Crippen molar-refractivity contribution in [2.24, 2.45) is 0 Å². The molecule has 2 heterocycles. The molecule has 1 aromatic carbocycles. The van der Waals surface area contributed by atoms with Gasteiger partial charge in [-0.3, -0.25) is 9.69 Å². The SMILES string of the molecule is C[C@@]1(c2ccco2)NC(=O)N(C[C@H](O)COc2ccccc2)C1=O. The first-order valence-electron chi connectivity index (χ1n) is 7.55. The van der Waals surface area contributed by atoms with Crippen molar-refractivity contribution in [2.75, 3.05) is 13.2 Å². The van der Waals surface area contributed by atoms with E-state index in [4.69, 9.17) is 9.15 Å². The average Bonchev–Trinajstić information content (AvgIpc) is 3.19. The van der Waals surface area contributed by atoms with Gasteiger partial charge in [-0.05, 0) is 31.2 Å². The van der Waals surface area contributed by atoms with Crippen LogP contribution in [0.4, 0.5) is 4.79 Å². The van der Waals surface area contributed by atoms with Crippen LogP contribution in [0, 0.1) is 0 Å². The number of carbonyl (C=O) groups is 2. The van der Waals surface area contributed by atoms with Crippen molar-refractivity contribution in [1.29, 1.82) is 0 Å². The molecule has 0 spiro atoms. The van der Waals surface area contributed by atoms with Crippen LogP contribution in [0.25, 0.3) is 0 Å². The van der Waals surface area contributed by atoms with Gasteiger partial charge in [0, 0.05) is 0 Å². The number of nitrogens with zero attached hydrogens (tertiary/aromatic N) is 1. The molecule has 3 amide bonds. The largest absolute Gasteiger partial charge is 0.491 e. The summed E-state index contributed by atoms with van der Waals surface area (Å²) >= 11 is 0. The highest BCUT2D eigenvalue weighted by atomic mass is 16.5. The topological polar surface area (TPSA) is 92.0 Å². The molecule has 1 aliphatic rings. The Morgan fingerprint density at radius 2 is 2.00 bits per heavy atom. The van der Waals surface area contributed by atoms with Crippen LogP contribution >= 0.6 is 0 Å². The fraction of sp³-hybridized carbons (Fsp3) is 0.294. The van der Waals surface area contributed by atoms with Crippen molar-refractivity contribution in [3.8, 4) is 5.75 Å². The second kappa shape index (κ2) is 6.37. The number of nitrogens with one attached hydrogen (secondary N) is 1. The molecule has 1 saturated heterocycles. The average molecular weight is 330 g/mol. The normalized spacial score (nSPS) is 21.7. The van der Waals surface area contributed by atoms with E-state index in [1.54, 1.807) is 31.2 Å². The van der Waals surface area contributed by atoms with Crippen molar-refractivity contribution in [1.82, 2.24) is 10.2 Å². The maximum absolute atomic E-state index is 12.6. The zero-order valence-electron chi connectivity index (χ0n) is 13.1. The molecule has 2 aromatic rings. The van der Waals surface area contributed by atoms with Gasteiger partial charge in [0.2, 0.25) is 0 Å². The minimum absolute atomic E-state index is 0.0292. The Morgan fingerprint density at radius 3 is 2.67 bits per heavy atom. The standard InChI is InChI=1S/C17H18N2O5/c1-17(14-8-5-9-23-14)15(21)19(16(22)18-17)10-12(20)11-24-13-6-3-2-4-7-13/h2-9,12,20H,10-11H2,1H3,(H,18,22)/t12-,17-/m0/s1. The molecule has 0 unspecified atom stereocenters. The van der Waals surface area contributed by atoms with Crippen LogP contribution in [0.1, 0.15) is 12.7 Å². The molecule has 0 saturated carbocycles. The van der Waals surface area contributed by atoms with Crippen LogP contribution in [0.3, 0.4) is 0 Å². The summed E-state index contributed by atoms with van der Waals surface area (Å²) in [6.45, 7) is 1.38. The lowest BCUT2D eigenvalue weighted by Crippen LogP contribution is -2.42. The van der Waals surface area contributed by atoms with Gasteiger partial charge in [-0.25, -0.2) is 4.79 Å². The van der Waals surface area contributed by atoms with Crippen molar-refractivity contribution in [3.05, 3.63) is 54.5 Å². The van der Waals surface area contributed by atoms with Gasteiger partial charge in [-0.15, -0.1) is 0 Å². The van der Waals surface area contributed by atoms with Gasteiger partial charge in [0.15, 0.2) is 5.54 Å². The van der Waals surface area contributed by atoms with E-state index in [0.29, 0.717) is 11.5 Å². The van der Waals surface area contributed by atoms with Gasteiger partial charge in [0.05, 0.1) is 12.8 Å². The van der Waals surface area contributed by atoms with E-state index in [1.807, 2.05) is 18.2 Å². The fourth-order valence-corrected chi connectivity index (χ4v) is 2.57. The number of hydrogen-bond donors (Lipinski definition) is 2. The van der Waals surface area contributed by atoms with E-state index in [0.717, 1.165) is 4.90 Å². The molecule has 1 aromatic heterocycles. The molecule has 1 fully saturated rings. The summed E-state index contributed by atoms with van der Waals surface area (Å²) in [4.78, 5) is 25.7. The number of aliphatic hydroxyl groups is 1. The van der Waals surface area contributed by atoms with Gasteiger partial charge in [-0.1, -0.05) is 18.2 Å². The highest BCUT2D eigenvalue weighted by Gasteiger charge is 2.51. The number of ether oxygens (including phenoxy) is 1. The monoisotopic (exact) mass is 330 g/mol. The molecule has 24 heavy (non-hydrogen) atoms. The zero-order chi connectivity index (χ0) is 17.2. The first-order chi connectivity index (χ1) is 11.5. The first kappa shape index (κ1) is 16.1. The van der Waals surface area contributed by atoms with Crippen molar-refractivity contribution >= 4 is 11.9 Å². The van der Waals surface area contributed by atoms with Gasteiger partial charge in [-0.2, -0.15) is 0 Å². The van der Waals surface area contributed by atoms with Crippen LogP contribution < -0.4 is 10.1 Å². The highest BCUT2D eigenvalue weighted by molar-refractivity contribution is 6.06. The van der Waals surface area contributed by atoms with E-state index in [1.165, 1.54) is 6.26 Å². The Hall–Kier alpha value is -2.80. The third-order valence-corrected chi connectivity index (χ3v) is 3.87. The molecule has 2 N–H and O–H groups in total. The van der Waals surface area contributed by atoms with E-state index < -0.39 is 23.6 Å². The van der Waals surface area contributed by atoms with Crippen molar-refractivity contribution in [2.45, 2.75) is 18.6 Å². The summed E-state index contributed by atoms with van der Waals surface area (Å²) in [5.41, 5.74) is -1.26. The van der Waals surface area contributed by atoms with Crippen LogP contribution in [0.2, 0.25) is 0 Å². The van der Waals surface area contributed by atoms with Crippen molar-refractivity contribution < 1.29 is 23.8 Å². The number of rotatable bonds is 6. The minimum atomic E-state index is -1.26. The first-order valence-corrected chi connectivity index (χ1v) is 7.55. The van der Waals surface area contributed by atoms with Gasteiger partial charge in [0.25, 0.3) is 5.91 Å². The predicted octanol–water partition coefficient (Wildman–Crippen LogP) is 1.49. The summed E-state index contributed by atoms with van der Waals surface area (Å²) < 4.78 is 10.7. The number of hydrogen-bond acceptors (Lipinski definition) is 5. The second-order valence-corrected chi connectivity index (χ2v) is 5.73. The molecule has 2 atom stereocenters. The fourth-order valence-electron chi connectivity index (χ4n) is 2.57. The number of β-amino-alcohol motifs (C(OH)–C–C–N with tert-alkyl or cyclic N) is 1. The molecule has 0 radical (unpaired) electrons. The molecule has 1 aliphatic heterocycles. The second-order valence-electron chi connectivity index (χ2n) is 5.73. The number of benzene rings is 1. The highest BCUT2D eigenvalue weighted by Crippen LogP contribution is 2.29. The molecule has 7 heteroatoms. The maximum atomic E-state index is 12.6. The molecule has 7 nitrogen and oxygen atoms in total. The molecule has 3 rings (SSSR count). The van der Waals surface area contributed by atoms with Gasteiger partial charge < -0.3 is 19.6 Å². The number of amides is 3. The van der Waals surface area contributed by atoms with E-state index in [2.05, 4.69) is 5.32 Å². The summed E-state index contributed by atoms with van der Waals surface area (Å²) in [5, 5.41) is 12.7. The van der Waals surface area contributed by atoms with E-state index in [9.17, 15) is 14.7 Å². The van der Waals surface area contributed by atoms with E-state index >= 15 is 0 Å². The number of imide groups is 1. The minimum Gasteiger partial charge on any atom is -0.491 e. The van der Waals surface area contributed by atoms with Crippen LogP contribution in [0.15, 0.2) is 53.1 Å². The molecular weight excluding hydrogens is 312 g/mol. The summed E-state index contributed by atoms with van der Waals surface area (Å²) in [5.74, 6) is 0.480. The van der Waals surface area contributed by atoms with Crippen LogP contribution in [-0.2, 0) is 10.3 Å². The molecule has 0 aliphatic carbocycles. The Balaban J connectivity index is 1.62. The Morgan fingerprint density at radius 1 is 1.25 bits per heavy atom. The quantitative estimate of drug-likeness (QED) is 0.783. The maximum Gasteiger partial charge on any atom is 0.325 e. The number of carbonyl (C=O) groups excluding carboxylic acids is 2. The van der Waals surface area contributed by atoms with Crippen molar-refractivity contribution in [3.63, 3.8) is 0 Å². The van der Waals surface area contributed by atoms with Gasteiger partial charge >= 0.3 is 6.03 Å². The van der Waals surface area contributed by atoms with Crippen LogP contribution in [-0.4, -0.2) is 41.2 Å². The number of aliphatic hydroxyl groups excluding tert-OH is 1. The summed E-state index contributed by atoms with van der Waals surface area (Å²) in [6.07, 6.45) is 0.435. The molecule has 0 bridgehead atoms. The smallest absolute Gasteiger partial charge is 0.325 e. The van der Waals surface area contributed by atoms with Gasteiger partial charge in [0.1, 0.15) is 24.2 Å². The number of urea groups is 1. The molecular formula is C17H18N2O5. The predicted molar refractivity (Wildman–Crippen MR) is 84.2 cm³/mol. The Bertz CT molecular complexity index is 716. The number of furan rings is 1. The van der Waals surface area contributed by atoms with E-state index in [-0.39, 0.29) is 13.2 Å². The third-order valence-electron chi connectivity index (χ3n) is 3.87. The third kappa shape index (κ3) is 2.98. The lowest BCUT2D eigenvalue weighted by Gasteiger charge is -2.20. The molecule has 126 valence electrons. The zero-order valence-corrected chi connectivity index (χ0v) is 13.1. The summed E-state index contributed by atoms with van der Waals surface area (Å²) in [6, 6.07) is 11.7. The lowest BCUT2D eigenvalue weighted by atomic mass is 9.99. The van der Waals surface area contributed by atoms with Crippen LogP contribution in [0.5, 0.6) is 5.75 Å². The Labute approximate surface area is 138 Å². The summed E-state index contributed by atoms with van der Waals surface area (Å²) in [7, 11) is 0. The number of para-hydroxylation sites is 1. The Kier molecular flexibility index (Phi) is 4.26. The lowest BCUT2D eigenvalue weighted by molar-refractivity contribution is -0.132.